The van der Waals surface area contributed by atoms with E-state index in [0.717, 1.165) is 31.9 Å². The number of fused-ring (bicyclic) bond motifs is 2. The highest BCUT2D eigenvalue weighted by atomic mass is 127. The number of carbonyl (C=O) groups excluding carboxylic acids is 1. The average molecular weight is 542 g/mol. The Kier molecular flexibility index (Phi) is 10.1. The molecule has 0 aliphatic carbocycles. The number of piperidine rings is 1. The van der Waals surface area contributed by atoms with Crippen LogP contribution in [-0.4, -0.2) is 54.5 Å². The van der Waals surface area contributed by atoms with Crippen LogP contribution >= 0.6 is 24.0 Å². The van der Waals surface area contributed by atoms with Crippen LogP contribution in [0.1, 0.15) is 58.9 Å². The van der Waals surface area contributed by atoms with Gasteiger partial charge in [-0.25, -0.2) is 0 Å². The van der Waals surface area contributed by atoms with E-state index >= 15 is 0 Å². The fourth-order valence-electron chi connectivity index (χ4n) is 4.71. The molecular weight excluding hydrogens is 501 g/mol. The summed E-state index contributed by atoms with van der Waals surface area (Å²) in [4.78, 5) is 19.7. The van der Waals surface area contributed by atoms with Crippen molar-refractivity contribution in [3.8, 4) is 0 Å². The van der Waals surface area contributed by atoms with Crippen LogP contribution in [0.25, 0.3) is 0 Å². The largest absolute Gasteiger partial charge is 0.357 e. The van der Waals surface area contributed by atoms with Crippen molar-refractivity contribution in [3.63, 3.8) is 0 Å². The summed E-state index contributed by atoms with van der Waals surface area (Å²) < 4.78 is 0. The Hall–Kier alpha value is -1.35. The lowest BCUT2D eigenvalue weighted by atomic mass is 9.92. The molecule has 2 unspecified atom stereocenters. The van der Waals surface area contributed by atoms with Gasteiger partial charge in [-0.1, -0.05) is 30.3 Å². The molecular formula is C24H40IN5O. The molecule has 2 aliphatic heterocycles. The number of guanidine groups is 1. The highest BCUT2D eigenvalue weighted by Gasteiger charge is 2.40. The number of nitrogens with one attached hydrogen (secondary N) is 3. The number of rotatable bonds is 8. The van der Waals surface area contributed by atoms with E-state index in [-0.39, 0.29) is 29.9 Å². The quantitative estimate of drug-likeness (QED) is 0.268. The van der Waals surface area contributed by atoms with Gasteiger partial charge in [-0.2, -0.15) is 0 Å². The molecule has 0 saturated carbocycles. The first kappa shape index (κ1) is 25.9. The van der Waals surface area contributed by atoms with Crippen LogP contribution in [0.3, 0.4) is 0 Å². The van der Waals surface area contributed by atoms with Gasteiger partial charge < -0.3 is 16.0 Å². The molecule has 6 nitrogen and oxygen atoms in total. The van der Waals surface area contributed by atoms with Crippen LogP contribution in [0.4, 0.5) is 0 Å². The molecule has 0 spiro atoms. The second-order valence-corrected chi connectivity index (χ2v) is 9.29. The van der Waals surface area contributed by atoms with E-state index in [1.54, 1.807) is 0 Å². The number of aliphatic imine (C=N–C) groups is 1. The first-order chi connectivity index (χ1) is 14.4. The van der Waals surface area contributed by atoms with Gasteiger partial charge in [0.15, 0.2) is 5.96 Å². The Morgan fingerprint density at radius 2 is 1.68 bits per heavy atom. The Bertz CT molecular complexity index is 710. The topological polar surface area (TPSA) is 68.8 Å². The summed E-state index contributed by atoms with van der Waals surface area (Å²) >= 11 is 0. The Morgan fingerprint density at radius 1 is 1.06 bits per heavy atom. The van der Waals surface area contributed by atoms with Crippen molar-refractivity contribution in [1.82, 2.24) is 20.9 Å². The molecule has 1 aromatic carbocycles. The number of benzene rings is 1. The summed E-state index contributed by atoms with van der Waals surface area (Å²) in [6, 6.07) is 12.5. The van der Waals surface area contributed by atoms with E-state index in [2.05, 4.69) is 58.1 Å². The van der Waals surface area contributed by atoms with E-state index in [9.17, 15) is 4.79 Å². The molecule has 2 heterocycles. The van der Waals surface area contributed by atoms with Gasteiger partial charge >= 0.3 is 0 Å². The van der Waals surface area contributed by atoms with E-state index in [4.69, 9.17) is 4.99 Å². The van der Waals surface area contributed by atoms with Crippen molar-refractivity contribution < 1.29 is 4.79 Å². The predicted molar refractivity (Wildman–Crippen MR) is 139 cm³/mol. The molecule has 1 amide bonds. The minimum atomic E-state index is -0.517. The first-order valence-electron chi connectivity index (χ1n) is 11.6. The monoisotopic (exact) mass is 541 g/mol. The SMILES string of the molecule is CCNC(=O)C(C)(C)CN=C(NCC)NC1CC2CCC(C1)N2Cc1ccccc1.I. The maximum Gasteiger partial charge on any atom is 0.227 e. The zero-order chi connectivity index (χ0) is 21.6. The summed E-state index contributed by atoms with van der Waals surface area (Å²) in [5.74, 6) is 0.882. The number of carbonyl (C=O) groups is 1. The predicted octanol–water partition coefficient (Wildman–Crippen LogP) is 3.52. The van der Waals surface area contributed by atoms with Crippen LogP contribution in [0.15, 0.2) is 35.3 Å². The fourth-order valence-corrected chi connectivity index (χ4v) is 4.71. The molecule has 2 atom stereocenters. The standard InChI is InChI=1S/C24H39N5O.HI/c1-5-25-22(30)24(3,4)17-27-23(26-6-2)28-19-14-20-12-13-21(15-19)29(20)16-18-10-8-7-9-11-18;/h7-11,19-21H,5-6,12-17H2,1-4H3,(H,25,30)(H2,26,27,28);1H. The molecule has 7 heteroatoms. The summed E-state index contributed by atoms with van der Waals surface area (Å²) in [5, 5.41) is 9.95. The van der Waals surface area contributed by atoms with Crippen molar-refractivity contribution in [2.45, 2.75) is 78.0 Å². The number of nitrogens with zero attached hydrogens (tertiary/aromatic N) is 2. The molecule has 31 heavy (non-hydrogen) atoms. The van der Waals surface area contributed by atoms with Gasteiger partial charge in [-0.05, 0) is 58.9 Å². The van der Waals surface area contributed by atoms with Gasteiger partial charge in [0, 0.05) is 37.8 Å². The highest BCUT2D eigenvalue weighted by Crippen LogP contribution is 2.36. The summed E-state index contributed by atoms with van der Waals surface area (Å²) in [6.45, 7) is 10.9. The van der Waals surface area contributed by atoms with E-state index in [0.29, 0.717) is 31.2 Å². The Balaban J connectivity index is 0.00000341. The highest BCUT2D eigenvalue weighted by molar-refractivity contribution is 14.0. The van der Waals surface area contributed by atoms with Gasteiger partial charge in [0.05, 0.1) is 12.0 Å². The molecule has 2 bridgehead atoms. The maximum atomic E-state index is 12.3. The molecule has 1 aromatic rings. The summed E-state index contributed by atoms with van der Waals surface area (Å²) in [5.41, 5.74) is 0.888. The maximum absolute atomic E-state index is 12.3. The zero-order valence-electron chi connectivity index (χ0n) is 19.5. The third kappa shape index (κ3) is 7.07. The molecule has 2 aliphatic rings. The van der Waals surface area contributed by atoms with Crippen LogP contribution in [0.5, 0.6) is 0 Å². The van der Waals surface area contributed by atoms with Gasteiger partial charge in [0.25, 0.3) is 0 Å². The van der Waals surface area contributed by atoms with E-state index in [1.807, 2.05) is 20.8 Å². The van der Waals surface area contributed by atoms with Crippen LogP contribution in [0.2, 0.25) is 0 Å². The zero-order valence-corrected chi connectivity index (χ0v) is 21.8. The molecule has 174 valence electrons. The van der Waals surface area contributed by atoms with Crippen LogP contribution in [0, 0.1) is 5.41 Å². The van der Waals surface area contributed by atoms with Gasteiger partial charge in [-0.15, -0.1) is 24.0 Å². The summed E-state index contributed by atoms with van der Waals surface area (Å²) in [6.07, 6.45) is 4.86. The Labute approximate surface area is 205 Å². The van der Waals surface area contributed by atoms with E-state index < -0.39 is 5.41 Å². The molecule has 2 saturated heterocycles. The number of hydrogen-bond donors (Lipinski definition) is 3. The second-order valence-electron chi connectivity index (χ2n) is 9.29. The van der Waals surface area contributed by atoms with E-state index in [1.165, 1.54) is 18.4 Å². The molecule has 0 radical (unpaired) electrons. The lowest BCUT2D eigenvalue weighted by molar-refractivity contribution is -0.128. The fraction of sp³-hybridized carbons (Fsp3) is 0.667. The smallest absolute Gasteiger partial charge is 0.227 e. The van der Waals surface area contributed by atoms with Crippen molar-refractivity contribution in [2.75, 3.05) is 19.6 Å². The normalized spacial score (nSPS) is 23.7. The minimum absolute atomic E-state index is 0. The third-order valence-corrected chi connectivity index (χ3v) is 6.36. The molecule has 0 aromatic heterocycles. The lowest BCUT2D eigenvalue weighted by Crippen LogP contribution is -2.52. The van der Waals surface area contributed by atoms with Crippen molar-refractivity contribution in [3.05, 3.63) is 35.9 Å². The van der Waals surface area contributed by atoms with Gasteiger partial charge in [-0.3, -0.25) is 14.7 Å². The van der Waals surface area contributed by atoms with Crippen molar-refractivity contribution >= 4 is 35.8 Å². The molecule has 3 N–H and O–H groups in total. The number of halogens is 1. The van der Waals surface area contributed by atoms with Crippen molar-refractivity contribution in [1.29, 1.82) is 0 Å². The number of amides is 1. The third-order valence-electron chi connectivity index (χ3n) is 6.36. The molecule has 2 fully saturated rings. The Morgan fingerprint density at radius 3 is 2.26 bits per heavy atom. The molecule has 3 rings (SSSR count). The second kappa shape index (κ2) is 12.0. The van der Waals surface area contributed by atoms with Crippen LogP contribution in [-0.2, 0) is 11.3 Å². The minimum Gasteiger partial charge on any atom is -0.357 e. The van der Waals surface area contributed by atoms with Crippen molar-refractivity contribution in [2.24, 2.45) is 10.4 Å². The van der Waals surface area contributed by atoms with Crippen LogP contribution < -0.4 is 16.0 Å². The first-order valence-corrected chi connectivity index (χ1v) is 11.6. The average Bonchev–Trinajstić information content (AvgIpc) is 2.95. The number of hydrogen-bond acceptors (Lipinski definition) is 3. The lowest BCUT2D eigenvalue weighted by Gasteiger charge is -2.39. The van der Waals surface area contributed by atoms with Gasteiger partial charge in [0.1, 0.15) is 0 Å². The van der Waals surface area contributed by atoms with Gasteiger partial charge in [0.2, 0.25) is 5.91 Å². The summed E-state index contributed by atoms with van der Waals surface area (Å²) in [7, 11) is 0.